The van der Waals surface area contributed by atoms with Crippen molar-refractivity contribution >= 4 is 11.9 Å². The molecular weight excluding hydrogens is 276 g/mol. The highest BCUT2D eigenvalue weighted by atomic mass is 16.5. The van der Waals surface area contributed by atoms with E-state index in [0.29, 0.717) is 19.4 Å². The van der Waals surface area contributed by atoms with Crippen molar-refractivity contribution in [2.75, 3.05) is 19.7 Å². The highest BCUT2D eigenvalue weighted by molar-refractivity contribution is 5.81. The lowest BCUT2D eigenvalue weighted by Gasteiger charge is -2.30. The summed E-state index contributed by atoms with van der Waals surface area (Å²) in [7, 11) is 0. The lowest BCUT2D eigenvalue weighted by molar-refractivity contribution is -0.159. The third-order valence-electron chi connectivity index (χ3n) is 3.63. The van der Waals surface area contributed by atoms with Crippen LogP contribution in [0, 0.1) is 0 Å². The molecule has 1 aromatic heterocycles. The Labute approximate surface area is 122 Å². The van der Waals surface area contributed by atoms with Gasteiger partial charge in [0.15, 0.2) is 6.10 Å². The van der Waals surface area contributed by atoms with Crippen LogP contribution in [0.15, 0.2) is 4.52 Å². The predicted molar refractivity (Wildman–Crippen MR) is 72.9 cm³/mol. The molecule has 1 atom stereocenters. The van der Waals surface area contributed by atoms with E-state index >= 15 is 0 Å². The molecule has 1 amide bonds. The first-order chi connectivity index (χ1) is 10.1. The Hall–Kier alpha value is -1.89. The van der Waals surface area contributed by atoms with Crippen molar-refractivity contribution in [1.82, 2.24) is 10.1 Å². The van der Waals surface area contributed by atoms with Gasteiger partial charge in [0.1, 0.15) is 5.76 Å². The number of amides is 1. The van der Waals surface area contributed by atoms with E-state index in [-0.39, 0.29) is 25.5 Å². The van der Waals surface area contributed by atoms with E-state index in [1.165, 1.54) is 4.90 Å². The molecule has 1 aliphatic rings. The second-order valence-corrected chi connectivity index (χ2v) is 4.95. The van der Waals surface area contributed by atoms with Gasteiger partial charge in [-0.25, -0.2) is 4.79 Å². The maximum absolute atomic E-state index is 12.4. The molecule has 0 saturated carbocycles. The van der Waals surface area contributed by atoms with E-state index in [9.17, 15) is 9.59 Å². The molecule has 0 bridgehead atoms. The number of carboxylic acids is 1. The fourth-order valence-corrected chi connectivity index (χ4v) is 2.43. The van der Waals surface area contributed by atoms with Crippen molar-refractivity contribution in [3.8, 4) is 0 Å². The number of aromatic nitrogens is 1. The summed E-state index contributed by atoms with van der Waals surface area (Å²) in [5, 5.41) is 13.0. The average Bonchev–Trinajstić information content (AvgIpc) is 2.89. The highest BCUT2D eigenvalue weighted by Crippen LogP contribution is 2.18. The SMILES string of the molecule is CCc1noc(CC)c1CC(=O)N1CCO[C@@H](C(=O)O)C1. The van der Waals surface area contributed by atoms with E-state index < -0.39 is 12.1 Å². The van der Waals surface area contributed by atoms with Crippen LogP contribution in [-0.2, 0) is 33.6 Å². The van der Waals surface area contributed by atoms with Crippen LogP contribution in [0.3, 0.4) is 0 Å². The Morgan fingerprint density at radius 3 is 2.76 bits per heavy atom. The summed E-state index contributed by atoms with van der Waals surface area (Å²) < 4.78 is 10.4. The summed E-state index contributed by atoms with van der Waals surface area (Å²) >= 11 is 0. The summed E-state index contributed by atoms with van der Waals surface area (Å²) in [6.45, 7) is 4.65. The number of nitrogens with zero attached hydrogens (tertiary/aromatic N) is 2. The van der Waals surface area contributed by atoms with Gasteiger partial charge in [-0.1, -0.05) is 19.0 Å². The summed E-state index contributed by atoms with van der Waals surface area (Å²) in [5.41, 5.74) is 1.63. The van der Waals surface area contributed by atoms with Gasteiger partial charge < -0.3 is 19.3 Å². The fourth-order valence-electron chi connectivity index (χ4n) is 2.43. The molecule has 2 heterocycles. The Balaban J connectivity index is 2.07. The molecule has 21 heavy (non-hydrogen) atoms. The highest BCUT2D eigenvalue weighted by Gasteiger charge is 2.30. The van der Waals surface area contributed by atoms with Crippen LogP contribution in [-0.4, -0.2) is 52.8 Å². The molecule has 0 radical (unpaired) electrons. The van der Waals surface area contributed by atoms with Gasteiger partial charge in [0.05, 0.1) is 25.3 Å². The zero-order valence-corrected chi connectivity index (χ0v) is 12.3. The van der Waals surface area contributed by atoms with Gasteiger partial charge in [-0.05, 0) is 6.42 Å². The van der Waals surface area contributed by atoms with E-state index in [0.717, 1.165) is 17.0 Å². The largest absolute Gasteiger partial charge is 0.479 e. The smallest absolute Gasteiger partial charge is 0.334 e. The Morgan fingerprint density at radius 1 is 1.38 bits per heavy atom. The summed E-state index contributed by atoms with van der Waals surface area (Å²) in [4.78, 5) is 24.9. The topological polar surface area (TPSA) is 92.9 Å². The second kappa shape index (κ2) is 6.71. The minimum Gasteiger partial charge on any atom is -0.479 e. The first-order valence-electron chi connectivity index (χ1n) is 7.15. The van der Waals surface area contributed by atoms with Crippen molar-refractivity contribution in [1.29, 1.82) is 0 Å². The average molecular weight is 296 g/mol. The van der Waals surface area contributed by atoms with Crippen LogP contribution in [0.4, 0.5) is 0 Å². The van der Waals surface area contributed by atoms with Gasteiger partial charge in [0.2, 0.25) is 5.91 Å². The number of carboxylic acid groups (broad SMARTS) is 1. The van der Waals surface area contributed by atoms with Crippen molar-refractivity contribution in [3.05, 3.63) is 17.0 Å². The molecule has 1 N–H and O–H groups in total. The third-order valence-corrected chi connectivity index (χ3v) is 3.63. The number of ether oxygens (including phenoxy) is 1. The van der Waals surface area contributed by atoms with Crippen LogP contribution in [0.1, 0.15) is 30.9 Å². The molecular formula is C14H20N2O5. The van der Waals surface area contributed by atoms with Gasteiger partial charge in [-0.2, -0.15) is 0 Å². The molecule has 0 spiro atoms. The van der Waals surface area contributed by atoms with E-state index in [2.05, 4.69) is 5.16 Å². The lowest BCUT2D eigenvalue weighted by Crippen LogP contribution is -2.49. The predicted octanol–water partition coefficient (Wildman–Crippen LogP) is 0.654. The Kier molecular flexibility index (Phi) is 4.95. The van der Waals surface area contributed by atoms with Crippen LogP contribution < -0.4 is 0 Å². The molecule has 0 aromatic carbocycles. The van der Waals surface area contributed by atoms with Crippen LogP contribution >= 0.6 is 0 Å². The first-order valence-corrected chi connectivity index (χ1v) is 7.15. The minimum atomic E-state index is -1.04. The lowest BCUT2D eigenvalue weighted by atomic mass is 10.1. The zero-order chi connectivity index (χ0) is 15.4. The standard InChI is InChI=1S/C14H20N2O5/c1-3-10-9(11(4-2)21-15-10)7-13(17)16-5-6-20-12(8-16)14(18)19/h12H,3-8H2,1-2H3,(H,18,19)/t12-/m1/s1. The first kappa shape index (κ1) is 15.5. The number of rotatable bonds is 5. The van der Waals surface area contributed by atoms with E-state index in [4.69, 9.17) is 14.4 Å². The molecule has 116 valence electrons. The van der Waals surface area contributed by atoms with E-state index in [1.807, 2.05) is 13.8 Å². The molecule has 0 unspecified atom stereocenters. The summed E-state index contributed by atoms with van der Waals surface area (Å²) in [5.74, 6) is -0.429. The maximum Gasteiger partial charge on any atom is 0.334 e. The van der Waals surface area contributed by atoms with Crippen LogP contribution in [0.5, 0.6) is 0 Å². The van der Waals surface area contributed by atoms with Crippen LogP contribution in [0.2, 0.25) is 0 Å². The van der Waals surface area contributed by atoms with Crippen molar-refractivity contribution in [2.24, 2.45) is 0 Å². The Bertz CT molecular complexity index is 504. The minimum absolute atomic E-state index is 0.0857. The number of aliphatic carboxylic acids is 1. The number of aryl methyl sites for hydroxylation is 2. The molecule has 1 saturated heterocycles. The molecule has 7 heteroatoms. The van der Waals surface area contributed by atoms with Gasteiger partial charge in [-0.3, -0.25) is 4.79 Å². The molecule has 1 aliphatic heterocycles. The summed E-state index contributed by atoms with van der Waals surface area (Å²) in [6.07, 6.45) is 0.632. The fraction of sp³-hybridized carbons (Fsp3) is 0.643. The van der Waals surface area contributed by atoms with Gasteiger partial charge >= 0.3 is 5.97 Å². The number of hydrogen-bond acceptors (Lipinski definition) is 5. The zero-order valence-electron chi connectivity index (χ0n) is 12.3. The molecule has 0 aliphatic carbocycles. The molecule has 2 rings (SSSR count). The monoisotopic (exact) mass is 296 g/mol. The third kappa shape index (κ3) is 3.41. The van der Waals surface area contributed by atoms with Gasteiger partial charge in [0.25, 0.3) is 0 Å². The van der Waals surface area contributed by atoms with Gasteiger partial charge in [-0.15, -0.1) is 0 Å². The molecule has 7 nitrogen and oxygen atoms in total. The summed E-state index contributed by atoms with van der Waals surface area (Å²) in [6, 6.07) is 0. The van der Waals surface area contributed by atoms with Crippen molar-refractivity contribution < 1.29 is 24.0 Å². The van der Waals surface area contributed by atoms with Gasteiger partial charge in [0, 0.05) is 18.5 Å². The van der Waals surface area contributed by atoms with E-state index in [1.54, 1.807) is 0 Å². The normalized spacial score (nSPS) is 18.8. The molecule has 1 fully saturated rings. The number of carbonyl (C=O) groups excluding carboxylic acids is 1. The molecule has 1 aromatic rings. The van der Waals surface area contributed by atoms with Crippen molar-refractivity contribution in [2.45, 2.75) is 39.2 Å². The Morgan fingerprint density at radius 2 is 2.14 bits per heavy atom. The maximum atomic E-state index is 12.4. The second-order valence-electron chi connectivity index (χ2n) is 4.95. The number of morpholine rings is 1. The van der Waals surface area contributed by atoms with Crippen molar-refractivity contribution in [3.63, 3.8) is 0 Å². The number of carbonyl (C=O) groups is 2. The quantitative estimate of drug-likeness (QED) is 0.857. The van der Waals surface area contributed by atoms with Crippen LogP contribution in [0.25, 0.3) is 0 Å². The number of hydrogen-bond donors (Lipinski definition) is 1.